The average molecular weight is 286 g/mol. The zero-order valence-electron chi connectivity index (χ0n) is 11.0. The van der Waals surface area contributed by atoms with Crippen molar-refractivity contribution in [2.45, 2.75) is 32.9 Å². The van der Waals surface area contributed by atoms with Crippen LogP contribution >= 0.6 is 0 Å². The molecular weight excluding hydrogens is 268 g/mol. The molecule has 0 bridgehead atoms. The molecule has 1 aromatic carbocycles. The van der Waals surface area contributed by atoms with Crippen LogP contribution in [0.25, 0.3) is 0 Å². The van der Waals surface area contributed by atoms with Crippen LogP contribution < -0.4 is 19.3 Å². The van der Waals surface area contributed by atoms with Crippen molar-refractivity contribution in [3.05, 3.63) is 23.3 Å². The normalized spacial score (nSPS) is 17.9. The van der Waals surface area contributed by atoms with Crippen LogP contribution in [-0.4, -0.2) is 21.1 Å². The molecule has 6 nitrogen and oxygen atoms in total. The number of rotatable bonds is 5. The first kappa shape index (κ1) is 14.1. The Balaban J connectivity index is 2.28. The molecule has 1 aromatic rings. The van der Waals surface area contributed by atoms with Gasteiger partial charge >= 0.3 is 0 Å². The monoisotopic (exact) mass is 286 g/mol. The number of ether oxygens (including phenoxy) is 2. The Bertz CT molecular complexity index is 571. The molecule has 1 atom stereocenters. The van der Waals surface area contributed by atoms with Gasteiger partial charge in [0.15, 0.2) is 0 Å². The van der Waals surface area contributed by atoms with E-state index >= 15 is 0 Å². The summed E-state index contributed by atoms with van der Waals surface area (Å²) in [5.74, 6) is 1.44. The third-order valence-corrected chi connectivity index (χ3v) is 3.39. The number of nitrogens with one attached hydrogen (secondary N) is 1. The van der Waals surface area contributed by atoms with E-state index in [4.69, 9.17) is 14.6 Å². The maximum Gasteiger partial charge on any atom is 0.274 e. The van der Waals surface area contributed by atoms with Crippen molar-refractivity contribution < 1.29 is 17.9 Å². The lowest BCUT2D eigenvalue weighted by Crippen LogP contribution is -2.30. The predicted molar refractivity (Wildman–Crippen MR) is 71.4 cm³/mol. The predicted octanol–water partition coefficient (Wildman–Crippen LogP) is 0.702. The fourth-order valence-corrected chi connectivity index (χ4v) is 2.44. The summed E-state index contributed by atoms with van der Waals surface area (Å²) in [6, 6.07) is 3.71. The first-order valence-electron chi connectivity index (χ1n) is 6.11. The molecule has 2 rings (SSSR count). The number of benzene rings is 1. The van der Waals surface area contributed by atoms with Crippen molar-refractivity contribution >= 4 is 10.2 Å². The smallest absolute Gasteiger partial charge is 0.274 e. The molecule has 19 heavy (non-hydrogen) atoms. The van der Waals surface area contributed by atoms with Crippen LogP contribution in [0.1, 0.15) is 25.0 Å². The fourth-order valence-electron chi connectivity index (χ4n) is 2.09. The second kappa shape index (κ2) is 5.36. The van der Waals surface area contributed by atoms with E-state index in [9.17, 15) is 8.42 Å². The fraction of sp³-hybridized carbons (Fsp3) is 0.500. The van der Waals surface area contributed by atoms with Crippen molar-refractivity contribution in [1.29, 1.82) is 0 Å². The molecule has 106 valence electrons. The van der Waals surface area contributed by atoms with Gasteiger partial charge in [0.05, 0.1) is 6.61 Å². The van der Waals surface area contributed by atoms with Crippen LogP contribution in [0, 0.1) is 0 Å². The number of hydrogen-bond donors (Lipinski definition) is 2. The van der Waals surface area contributed by atoms with E-state index in [1.165, 1.54) is 0 Å². The zero-order valence-corrected chi connectivity index (χ0v) is 11.8. The van der Waals surface area contributed by atoms with Gasteiger partial charge in [-0.05, 0) is 26.0 Å². The first-order chi connectivity index (χ1) is 8.89. The van der Waals surface area contributed by atoms with Gasteiger partial charge in [0.2, 0.25) is 0 Å². The van der Waals surface area contributed by atoms with E-state index in [0.717, 1.165) is 17.7 Å². The molecule has 0 saturated heterocycles. The van der Waals surface area contributed by atoms with Gasteiger partial charge in [0.1, 0.15) is 17.6 Å². The molecule has 3 N–H and O–H groups in total. The van der Waals surface area contributed by atoms with Gasteiger partial charge in [-0.15, -0.1) is 0 Å². The minimum absolute atomic E-state index is 0.0825. The van der Waals surface area contributed by atoms with Crippen molar-refractivity contribution in [2.24, 2.45) is 5.14 Å². The van der Waals surface area contributed by atoms with Crippen molar-refractivity contribution in [2.75, 3.05) is 6.61 Å². The quantitative estimate of drug-likeness (QED) is 0.833. The van der Waals surface area contributed by atoms with Crippen LogP contribution in [0.15, 0.2) is 12.1 Å². The SMILES string of the molecule is CCOc1cc2c(cc1CNS(N)(=O)=O)OC(C)C2. The third-order valence-electron chi connectivity index (χ3n) is 2.84. The van der Waals surface area contributed by atoms with E-state index in [1.54, 1.807) is 0 Å². The zero-order chi connectivity index (χ0) is 14.0. The highest BCUT2D eigenvalue weighted by atomic mass is 32.2. The first-order valence-corrected chi connectivity index (χ1v) is 7.66. The summed E-state index contributed by atoms with van der Waals surface area (Å²) in [5, 5.41) is 4.93. The highest BCUT2D eigenvalue weighted by Crippen LogP contribution is 2.35. The summed E-state index contributed by atoms with van der Waals surface area (Å²) >= 11 is 0. The minimum atomic E-state index is -3.73. The van der Waals surface area contributed by atoms with Crippen molar-refractivity contribution in [3.63, 3.8) is 0 Å². The van der Waals surface area contributed by atoms with Gasteiger partial charge in [-0.25, -0.2) is 5.14 Å². The van der Waals surface area contributed by atoms with Crippen LogP contribution in [0.4, 0.5) is 0 Å². The molecule has 1 aliphatic heterocycles. The minimum Gasteiger partial charge on any atom is -0.494 e. The lowest BCUT2D eigenvalue weighted by atomic mass is 10.1. The van der Waals surface area contributed by atoms with Crippen molar-refractivity contribution in [3.8, 4) is 11.5 Å². The molecule has 0 aromatic heterocycles. The van der Waals surface area contributed by atoms with Crippen LogP contribution in [0.2, 0.25) is 0 Å². The van der Waals surface area contributed by atoms with Gasteiger partial charge in [-0.2, -0.15) is 13.1 Å². The Kier molecular flexibility index (Phi) is 3.98. The van der Waals surface area contributed by atoms with Gasteiger partial charge < -0.3 is 9.47 Å². The Morgan fingerprint density at radius 2 is 2.26 bits per heavy atom. The molecule has 7 heteroatoms. The molecule has 0 radical (unpaired) electrons. The van der Waals surface area contributed by atoms with Gasteiger partial charge in [-0.3, -0.25) is 0 Å². The van der Waals surface area contributed by atoms with E-state index in [1.807, 2.05) is 26.0 Å². The summed E-state index contributed by atoms with van der Waals surface area (Å²) in [6.45, 7) is 4.46. The maximum atomic E-state index is 11.0. The van der Waals surface area contributed by atoms with Crippen molar-refractivity contribution in [1.82, 2.24) is 4.72 Å². The molecule has 0 saturated carbocycles. The van der Waals surface area contributed by atoms with Crippen LogP contribution in [0.5, 0.6) is 11.5 Å². The summed E-state index contributed by atoms with van der Waals surface area (Å²) in [5.41, 5.74) is 1.79. The second-order valence-corrected chi connectivity index (χ2v) is 5.88. The topological polar surface area (TPSA) is 90.6 Å². The Morgan fingerprint density at radius 1 is 1.53 bits per heavy atom. The standard InChI is InChI=1S/C12H18N2O4S/c1-3-17-11-5-9-4-8(2)18-12(9)6-10(11)7-14-19(13,15)16/h5-6,8,14H,3-4,7H2,1-2H3,(H2,13,15,16). The molecule has 1 heterocycles. The number of hydrogen-bond acceptors (Lipinski definition) is 4. The highest BCUT2D eigenvalue weighted by molar-refractivity contribution is 7.87. The third kappa shape index (κ3) is 3.59. The Labute approximate surface area is 113 Å². The Morgan fingerprint density at radius 3 is 2.89 bits per heavy atom. The number of nitrogens with two attached hydrogens (primary N) is 1. The van der Waals surface area contributed by atoms with E-state index in [0.29, 0.717) is 17.9 Å². The lowest BCUT2D eigenvalue weighted by Gasteiger charge is -2.12. The van der Waals surface area contributed by atoms with Gasteiger partial charge in [0.25, 0.3) is 10.2 Å². The summed E-state index contributed by atoms with van der Waals surface area (Å²) in [6.07, 6.45) is 0.962. The molecule has 0 spiro atoms. The lowest BCUT2D eigenvalue weighted by molar-refractivity contribution is 0.254. The van der Waals surface area contributed by atoms with E-state index in [2.05, 4.69) is 4.72 Å². The number of fused-ring (bicyclic) bond motifs is 1. The highest BCUT2D eigenvalue weighted by Gasteiger charge is 2.22. The molecule has 0 aliphatic carbocycles. The van der Waals surface area contributed by atoms with Crippen LogP contribution in [0.3, 0.4) is 0 Å². The van der Waals surface area contributed by atoms with E-state index in [-0.39, 0.29) is 12.6 Å². The Hall–Kier alpha value is -1.31. The second-order valence-electron chi connectivity index (χ2n) is 4.50. The largest absolute Gasteiger partial charge is 0.494 e. The summed E-state index contributed by atoms with van der Waals surface area (Å²) in [7, 11) is -3.73. The molecule has 0 fully saturated rings. The molecular formula is C12H18N2O4S. The molecule has 1 unspecified atom stereocenters. The van der Waals surface area contributed by atoms with E-state index < -0.39 is 10.2 Å². The van der Waals surface area contributed by atoms with Crippen LogP contribution in [-0.2, 0) is 23.2 Å². The van der Waals surface area contributed by atoms with Gasteiger partial charge in [0, 0.05) is 24.1 Å². The summed E-state index contributed by atoms with van der Waals surface area (Å²) in [4.78, 5) is 0. The van der Waals surface area contributed by atoms with Gasteiger partial charge in [-0.1, -0.05) is 0 Å². The maximum absolute atomic E-state index is 11.0. The molecule has 1 aliphatic rings. The summed E-state index contributed by atoms with van der Waals surface area (Å²) < 4.78 is 35.3. The average Bonchev–Trinajstić information content (AvgIpc) is 2.64. The molecule has 0 amide bonds.